The molecule has 0 radical (unpaired) electrons. The van der Waals surface area contributed by atoms with E-state index in [0.29, 0.717) is 6.54 Å². The van der Waals surface area contributed by atoms with E-state index in [1.807, 2.05) is 49.4 Å². The fourth-order valence-electron chi connectivity index (χ4n) is 2.38. The van der Waals surface area contributed by atoms with Gasteiger partial charge >= 0.3 is 0 Å². The molecule has 0 unspecified atom stereocenters. The van der Waals surface area contributed by atoms with Gasteiger partial charge in [0, 0.05) is 12.1 Å². The molecule has 0 aromatic heterocycles. The number of hydrogen-bond acceptors (Lipinski definition) is 3. The van der Waals surface area contributed by atoms with E-state index in [0.717, 1.165) is 34.6 Å². The predicted molar refractivity (Wildman–Crippen MR) is 79.6 cm³/mol. The fraction of sp³-hybridized carbons (Fsp3) is 0.235. The van der Waals surface area contributed by atoms with Crippen LogP contribution in [0.1, 0.15) is 28.4 Å². The second-order valence-electron chi connectivity index (χ2n) is 4.88. The molecular formula is C17H17NO3. The van der Waals surface area contributed by atoms with Crippen LogP contribution in [0.2, 0.25) is 0 Å². The van der Waals surface area contributed by atoms with E-state index < -0.39 is 0 Å². The van der Waals surface area contributed by atoms with Crippen LogP contribution in [0.4, 0.5) is 0 Å². The first-order valence-electron chi connectivity index (χ1n) is 7.02. The van der Waals surface area contributed by atoms with Crippen LogP contribution in [-0.2, 0) is 13.0 Å². The van der Waals surface area contributed by atoms with Gasteiger partial charge in [-0.3, -0.25) is 4.79 Å². The van der Waals surface area contributed by atoms with Crippen molar-refractivity contribution in [2.24, 2.45) is 0 Å². The molecule has 1 N–H and O–H groups in total. The van der Waals surface area contributed by atoms with Crippen molar-refractivity contribution in [2.45, 2.75) is 19.9 Å². The van der Waals surface area contributed by atoms with Gasteiger partial charge in [-0.25, -0.2) is 0 Å². The fourth-order valence-corrected chi connectivity index (χ4v) is 2.38. The van der Waals surface area contributed by atoms with Crippen molar-refractivity contribution in [3.63, 3.8) is 0 Å². The minimum Gasteiger partial charge on any atom is -0.454 e. The van der Waals surface area contributed by atoms with Crippen LogP contribution in [0.3, 0.4) is 0 Å². The molecular weight excluding hydrogens is 266 g/mol. The van der Waals surface area contributed by atoms with Gasteiger partial charge in [0.25, 0.3) is 5.91 Å². The lowest BCUT2D eigenvalue weighted by Crippen LogP contribution is -2.23. The molecule has 4 nitrogen and oxygen atoms in total. The van der Waals surface area contributed by atoms with Crippen molar-refractivity contribution in [1.82, 2.24) is 5.32 Å². The summed E-state index contributed by atoms with van der Waals surface area (Å²) < 4.78 is 10.6. The molecule has 4 heteroatoms. The number of ether oxygens (including phenoxy) is 2. The number of aryl methyl sites for hydroxylation is 1. The molecule has 1 aliphatic heterocycles. The van der Waals surface area contributed by atoms with Crippen molar-refractivity contribution < 1.29 is 14.3 Å². The van der Waals surface area contributed by atoms with Gasteiger partial charge in [-0.1, -0.05) is 31.2 Å². The average Bonchev–Trinajstić information content (AvgIpc) is 3.00. The van der Waals surface area contributed by atoms with Crippen molar-refractivity contribution in [2.75, 3.05) is 6.79 Å². The summed E-state index contributed by atoms with van der Waals surface area (Å²) in [6.45, 7) is 2.77. The van der Waals surface area contributed by atoms with Crippen molar-refractivity contribution in [3.05, 3.63) is 59.2 Å². The lowest BCUT2D eigenvalue weighted by molar-refractivity contribution is 0.0950. The van der Waals surface area contributed by atoms with Crippen molar-refractivity contribution in [3.8, 4) is 11.5 Å². The van der Waals surface area contributed by atoms with Crippen molar-refractivity contribution >= 4 is 5.91 Å². The highest BCUT2D eigenvalue weighted by atomic mass is 16.7. The highest BCUT2D eigenvalue weighted by Gasteiger charge is 2.14. The van der Waals surface area contributed by atoms with Gasteiger partial charge in [0.1, 0.15) is 0 Å². The van der Waals surface area contributed by atoms with Gasteiger partial charge in [0.15, 0.2) is 11.5 Å². The molecule has 3 rings (SSSR count). The number of nitrogens with one attached hydrogen (secondary N) is 1. The highest BCUT2D eigenvalue weighted by Crippen LogP contribution is 2.32. The Balaban J connectivity index is 1.68. The summed E-state index contributed by atoms with van der Waals surface area (Å²) in [5, 5.41) is 2.95. The Labute approximate surface area is 123 Å². The molecule has 2 aromatic rings. The van der Waals surface area contributed by atoms with Gasteiger partial charge < -0.3 is 14.8 Å². The maximum atomic E-state index is 12.3. The van der Waals surface area contributed by atoms with Crippen LogP contribution in [0.15, 0.2) is 42.5 Å². The number of fused-ring (bicyclic) bond motifs is 1. The van der Waals surface area contributed by atoms with Gasteiger partial charge in [-0.05, 0) is 35.7 Å². The monoisotopic (exact) mass is 283 g/mol. The quantitative estimate of drug-likeness (QED) is 0.938. The van der Waals surface area contributed by atoms with E-state index in [4.69, 9.17) is 9.47 Å². The average molecular weight is 283 g/mol. The summed E-state index contributed by atoms with van der Waals surface area (Å²) in [6.07, 6.45) is 0.841. The number of carbonyl (C=O) groups is 1. The topological polar surface area (TPSA) is 47.6 Å². The van der Waals surface area contributed by atoms with Crippen LogP contribution in [0, 0.1) is 0 Å². The first-order chi connectivity index (χ1) is 10.3. The zero-order chi connectivity index (χ0) is 14.7. The van der Waals surface area contributed by atoms with E-state index in [2.05, 4.69) is 5.32 Å². The summed E-state index contributed by atoms with van der Waals surface area (Å²) in [7, 11) is 0. The molecule has 2 aromatic carbocycles. The zero-order valence-corrected chi connectivity index (χ0v) is 11.9. The van der Waals surface area contributed by atoms with Crippen LogP contribution in [-0.4, -0.2) is 12.7 Å². The molecule has 0 atom stereocenters. The molecule has 108 valence electrons. The second-order valence-corrected chi connectivity index (χ2v) is 4.88. The van der Waals surface area contributed by atoms with Crippen molar-refractivity contribution in [1.29, 1.82) is 0 Å². The summed E-state index contributed by atoms with van der Waals surface area (Å²) in [5.41, 5.74) is 2.78. The van der Waals surface area contributed by atoms with E-state index in [1.165, 1.54) is 0 Å². The Bertz CT molecular complexity index is 667. The Hall–Kier alpha value is -2.49. The first kappa shape index (κ1) is 13.5. The summed E-state index contributed by atoms with van der Waals surface area (Å²) >= 11 is 0. The molecule has 1 aliphatic rings. The predicted octanol–water partition coefficient (Wildman–Crippen LogP) is 2.91. The molecule has 1 heterocycles. The number of amides is 1. The molecule has 21 heavy (non-hydrogen) atoms. The van der Waals surface area contributed by atoms with Gasteiger partial charge in [0.2, 0.25) is 6.79 Å². The van der Waals surface area contributed by atoms with Gasteiger partial charge in [-0.15, -0.1) is 0 Å². The van der Waals surface area contributed by atoms with Crippen LogP contribution < -0.4 is 14.8 Å². The summed E-state index contributed by atoms with van der Waals surface area (Å²) in [6, 6.07) is 13.4. The number of rotatable bonds is 4. The van der Waals surface area contributed by atoms with E-state index in [9.17, 15) is 4.79 Å². The molecule has 0 aliphatic carbocycles. The number of hydrogen-bond donors (Lipinski definition) is 1. The second kappa shape index (κ2) is 5.87. The molecule has 0 fully saturated rings. The smallest absolute Gasteiger partial charge is 0.251 e. The molecule has 0 saturated heterocycles. The number of benzene rings is 2. The van der Waals surface area contributed by atoms with Gasteiger partial charge in [0.05, 0.1) is 0 Å². The third-order valence-corrected chi connectivity index (χ3v) is 3.53. The SMILES string of the molecule is CCc1ccccc1C(=O)NCc1ccc2c(c1)OCO2. The van der Waals surface area contributed by atoms with Crippen LogP contribution in [0.5, 0.6) is 11.5 Å². The maximum absolute atomic E-state index is 12.3. The van der Waals surface area contributed by atoms with Crippen LogP contribution in [0.25, 0.3) is 0 Å². The lowest BCUT2D eigenvalue weighted by Gasteiger charge is -2.09. The molecule has 0 spiro atoms. The molecule has 0 saturated carbocycles. The Morgan fingerprint density at radius 3 is 2.81 bits per heavy atom. The minimum atomic E-state index is -0.0508. The van der Waals surface area contributed by atoms with Crippen LogP contribution >= 0.6 is 0 Å². The number of carbonyl (C=O) groups excluding carboxylic acids is 1. The third kappa shape index (κ3) is 2.84. The zero-order valence-electron chi connectivity index (χ0n) is 11.9. The summed E-state index contributed by atoms with van der Waals surface area (Å²) in [4.78, 5) is 12.3. The molecule has 1 amide bonds. The maximum Gasteiger partial charge on any atom is 0.251 e. The van der Waals surface area contributed by atoms with E-state index in [1.54, 1.807) is 0 Å². The summed E-state index contributed by atoms with van der Waals surface area (Å²) in [5.74, 6) is 1.43. The van der Waals surface area contributed by atoms with E-state index in [-0.39, 0.29) is 12.7 Å². The Kier molecular flexibility index (Phi) is 3.77. The molecule has 0 bridgehead atoms. The lowest BCUT2D eigenvalue weighted by atomic mass is 10.0. The normalized spacial score (nSPS) is 12.2. The minimum absolute atomic E-state index is 0.0508. The van der Waals surface area contributed by atoms with E-state index >= 15 is 0 Å². The highest BCUT2D eigenvalue weighted by molar-refractivity contribution is 5.95. The first-order valence-corrected chi connectivity index (χ1v) is 7.02. The largest absolute Gasteiger partial charge is 0.454 e. The third-order valence-electron chi connectivity index (χ3n) is 3.53. The Morgan fingerprint density at radius 2 is 1.95 bits per heavy atom. The Morgan fingerprint density at radius 1 is 1.14 bits per heavy atom. The standard InChI is InChI=1S/C17H17NO3/c1-2-13-5-3-4-6-14(13)17(19)18-10-12-7-8-15-16(9-12)21-11-20-15/h3-9H,2,10-11H2,1H3,(H,18,19). The van der Waals surface area contributed by atoms with Gasteiger partial charge in [-0.2, -0.15) is 0 Å².